The fraction of sp³-hybridized carbons (Fsp3) is 0. The van der Waals surface area contributed by atoms with Gasteiger partial charge >= 0.3 is 0 Å². The van der Waals surface area contributed by atoms with Gasteiger partial charge in [0.15, 0.2) is 0 Å². The molecule has 5 rings (SSSR count). The van der Waals surface area contributed by atoms with E-state index in [0.717, 1.165) is 21.5 Å². The van der Waals surface area contributed by atoms with Crippen LogP contribution >= 0.6 is 0 Å². The summed E-state index contributed by atoms with van der Waals surface area (Å²) in [6.07, 6.45) is 7.18. The third-order valence-electron chi connectivity index (χ3n) is 3.81. The Hall–Kier alpha value is -2.48. The predicted octanol–water partition coefficient (Wildman–Crippen LogP) is 4.83. The van der Waals surface area contributed by atoms with Gasteiger partial charge in [-0.3, -0.25) is 0 Å². The van der Waals surface area contributed by atoms with Gasteiger partial charge in [-0.15, -0.1) is 0 Å². The summed E-state index contributed by atoms with van der Waals surface area (Å²) in [4.78, 5) is 0. The van der Waals surface area contributed by atoms with Crippen LogP contribution in [0, 0.1) is 0 Å². The maximum absolute atomic E-state index is 5.25. The van der Waals surface area contributed by atoms with E-state index in [9.17, 15) is 0 Å². The molecule has 0 atom stereocenters. The third-order valence-corrected chi connectivity index (χ3v) is 3.81. The molecule has 2 aromatic carbocycles. The minimum Gasteiger partial charge on any atom is -0.471 e. The van der Waals surface area contributed by atoms with Gasteiger partial charge in [0, 0.05) is 21.5 Å². The van der Waals surface area contributed by atoms with Crippen LogP contribution in [-0.2, 0) is 0 Å². The van der Waals surface area contributed by atoms with E-state index in [1.54, 1.807) is 25.1 Å². The minimum atomic E-state index is 1.16. The smallest absolute Gasteiger partial charge is 0.0981 e. The fourth-order valence-corrected chi connectivity index (χ4v) is 2.86. The highest BCUT2D eigenvalue weighted by Crippen LogP contribution is 2.50. The molecule has 0 bridgehead atoms. The van der Waals surface area contributed by atoms with Gasteiger partial charge in [0.25, 0.3) is 0 Å². The van der Waals surface area contributed by atoms with Crippen LogP contribution < -0.4 is 0 Å². The van der Waals surface area contributed by atoms with Crippen molar-refractivity contribution in [3.05, 3.63) is 49.3 Å². The van der Waals surface area contributed by atoms with E-state index >= 15 is 0 Å². The Kier molecular flexibility index (Phi) is 1.27. The maximum Gasteiger partial charge on any atom is 0.0981 e. The first kappa shape index (κ1) is 8.59. The Bertz CT molecular complexity index is 760. The molecule has 0 aliphatic heterocycles. The lowest BCUT2D eigenvalue weighted by molar-refractivity contribution is 0.572. The second-order valence-corrected chi connectivity index (χ2v) is 4.80. The molecule has 0 amide bonds. The molecule has 0 saturated carbocycles. The molecule has 4 aromatic rings. The molecule has 2 heterocycles. The first-order valence-corrected chi connectivity index (χ1v) is 5.91. The van der Waals surface area contributed by atoms with Crippen LogP contribution in [0.4, 0.5) is 0 Å². The summed E-state index contributed by atoms with van der Waals surface area (Å²) in [7, 11) is 0. The molecule has 18 heavy (non-hydrogen) atoms. The van der Waals surface area contributed by atoms with E-state index in [2.05, 4.69) is 24.3 Å². The SMILES string of the molecule is c1occ2cc3c(cc12)-c1cc2cocc2cc1-3. The summed E-state index contributed by atoms with van der Waals surface area (Å²) < 4.78 is 10.5. The van der Waals surface area contributed by atoms with E-state index < -0.39 is 0 Å². The fourth-order valence-electron chi connectivity index (χ4n) is 2.86. The number of benzene rings is 2. The minimum absolute atomic E-state index is 1.16. The normalized spacial score (nSPS) is 12.4. The molecule has 0 spiro atoms. The Balaban J connectivity index is 1.90. The quantitative estimate of drug-likeness (QED) is 0.382. The van der Waals surface area contributed by atoms with Gasteiger partial charge < -0.3 is 8.83 Å². The predicted molar refractivity (Wildman–Crippen MR) is 70.4 cm³/mol. The summed E-state index contributed by atoms with van der Waals surface area (Å²) in [6.45, 7) is 0. The van der Waals surface area contributed by atoms with Gasteiger partial charge in [0.1, 0.15) is 0 Å². The number of rotatable bonds is 0. The van der Waals surface area contributed by atoms with Crippen molar-refractivity contribution >= 4 is 21.5 Å². The average molecular weight is 232 g/mol. The van der Waals surface area contributed by atoms with Crippen LogP contribution in [0.1, 0.15) is 0 Å². The lowest BCUT2D eigenvalue weighted by Gasteiger charge is -2.24. The molecule has 0 fully saturated rings. The molecule has 2 heteroatoms. The van der Waals surface area contributed by atoms with Gasteiger partial charge in [-0.25, -0.2) is 0 Å². The topological polar surface area (TPSA) is 26.3 Å². The van der Waals surface area contributed by atoms with Crippen molar-refractivity contribution in [1.29, 1.82) is 0 Å². The highest BCUT2D eigenvalue weighted by atomic mass is 16.3. The van der Waals surface area contributed by atoms with Crippen LogP contribution in [0.5, 0.6) is 0 Å². The first-order chi connectivity index (χ1) is 8.90. The van der Waals surface area contributed by atoms with Crippen LogP contribution in [0.15, 0.2) is 58.2 Å². The molecule has 1 aliphatic carbocycles. The van der Waals surface area contributed by atoms with Crippen molar-refractivity contribution in [2.24, 2.45) is 0 Å². The molecule has 2 nitrogen and oxygen atoms in total. The number of fused-ring (bicyclic) bond motifs is 6. The summed E-state index contributed by atoms with van der Waals surface area (Å²) >= 11 is 0. The van der Waals surface area contributed by atoms with Crippen LogP contribution in [0.25, 0.3) is 43.8 Å². The van der Waals surface area contributed by atoms with Gasteiger partial charge in [-0.2, -0.15) is 0 Å². The second-order valence-electron chi connectivity index (χ2n) is 4.80. The monoisotopic (exact) mass is 232 g/mol. The highest BCUT2D eigenvalue weighted by molar-refractivity contribution is 6.11. The number of hydrogen-bond donors (Lipinski definition) is 0. The molecule has 0 radical (unpaired) electrons. The zero-order valence-electron chi connectivity index (χ0n) is 9.44. The summed E-state index contributed by atoms with van der Waals surface area (Å²) in [5.74, 6) is 0. The van der Waals surface area contributed by atoms with Crippen molar-refractivity contribution in [2.75, 3.05) is 0 Å². The van der Waals surface area contributed by atoms with E-state index in [0.29, 0.717) is 0 Å². The van der Waals surface area contributed by atoms with Crippen molar-refractivity contribution in [1.82, 2.24) is 0 Å². The Morgan fingerprint density at radius 1 is 0.444 bits per heavy atom. The van der Waals surface area contributed by atoms with Gasteiger partial charge in [-0.1, -0.05) is 0 Å². The lowest BCUT2D eigenvalue weighted by atomic mass is 9.79. The summed E-state index contributed by atoms with van der Waals surface area (Å²) in [5.41, 5.74) is 5.23. The van der Waals surface area contributed by atoms with Gasteiger partial charge in [-0.05, 0) is 46.5 Å². The maximum atomic E-state index is 5.25. The standard InChI is InChI=1S/C16H8O2/c1-9-5-17-6-10(9)2-14-13(1)15-3-11-7-18-8-12(11)4-16(14)15/h1-8H. The van der Waals surface area contributed by atoms with Crippen molar-refractivity contribution in [3.8, 4) is 22.3 Å². The summed E-state index contributed by atoms with van der Waals surface area (Å²) in [6, 6.07) is 8.79. The van der Waals surface area contributed by atoms with E-state index in [1.807, 2.05) is 0 Å². The molecular weight excluding hydrogens is 224 g/mol. The van der Waals surface area contributed by atoms with Crippen LogP contribution in [0.2, 0.25) is 0 Å². The Labute approximate surface area is 102 Å². The van der Waals surface area contributed by atoms with Crippen LogP contribution in [0.3, 0.4) is 0 Å². The molecular formula is C16H8O2. The zero-order valence-corrected chi connectivity index (χ0v) is 9.44. The van der Waals surface area contributed by atoms with Crippen LogP contribution in [-0.4, -0.2) is 0 Å². The van der Waals surface area contributed by atoms with Crippen molar-refractivity contribution < 1.29 is 8.83 Å². The van der Waals surface area contributed by atoms with E-state index in [4.69, 9.17) is 8.83 Å². The van der Waals surface area contributed by atoms with E-state index in [1.165, 1.54) is 22.3 Å². The van der Waals surface area contributed by atoms with Gasteiger partial charge in [0.2, 0.25) is 0 Å². The average Bonchev–Trinajstić information content (AvgIpc) is 3.02. The first-order valence-electron chi connectivity index (χ1n) is 5.91. The third kappa shape index (κ3) is 0.864. The molecule has 2 aromatic heterocycles. The Morgan fingerprint density at radius 3 is 1.00 bits per heavy atom. The lowest BCUT2D eigenvalue weighted by Crippen LogP contribution is -1.97. The molecule has 1 aliphatic rings. The summed E-state index contributed by atoms with van der Waals surface area (Å²) in [5, 5.41) is 4.64. The van der Waals surface area contributed by atoms with Crippen molar-refractivity contribution in [3.63, 3.8) is 0 Å². The van der Waals surface area contributed by atoms with Crippen molar-refractivity contribution in [2.45, 2.75) is 0 Å². The molecule has 84 valence electrons. The molecule has 0 unspecified atom stereocenters. The Morgan fingerprint density at radius 2 is 0.722 bits per heavy atom. The van der Waals surface area contributed by atoms with E-state index in [-0.39, 0.29) is 0 Å². The highest BCUT2D eigenvalue weighted by Gasteiger charge is 2.24. The largest absolute Gasteiger partial charge is 0.471 e. The number of furan rings is 2. The molecule has 0 saturated heterocycles. The second kappa shape index (κ2) is 2.67. The number of hydrogen-bond acceptors (Lipinski definition) is 2. The zero-order chi connectivity index (χ0) is 11.7. The molecule has 0 N–H and O–H groups in total. The van der Waals surface area contributed by atoms with Gasteiger partial charge in [0.05, 0.1) is 25.1 Å².